The van der Waals surface area contributed by atoms with Crippen LogP contribution in [0.1, 0.15) is 12.8 Å². The number of benzene rings is 2. The fourth-order valence-corrected chi connectivity index (χ4v) is 3.40. The zero-order valence-electron chi connectivity index (χ0n) is 17.8. The third-order valence-electron chi connectivity index (χ3n) is 3.79. The van der Waals surface area contributed by atoms with Gasteiger partial charge in [-0.05, 0) is 37.0 Å². The van der Waals surface area contributed by atoms with Gasteiger partial charge in [-0.2, -0.15) is 11.8 Å². The van der Waals surface area contributed by atoms with Gasteiger partial charge in [0.1, 0.15) is 9.84 Å². The first-order valence-corrected chi connectivity index (χ1v) is 13.0. The van der Waals surface area contributed by atoms with Gasteiger partial charge in [-0.25, -0.2) is 8.42 Å². The minimum Gasteiger partial charge on any atom is -0.487 e. The molecule has 12 heteroatoms. The largest absolute Gasteiger partial charge is 0.487 e. The van der Waals surface area contributed by atoms with Crippen LogP contribution in [0.15, 0.2) is 48.5 Å². The maximum atomic E-state index is 10.9. The first-order valence-electron chi connectivity index (χ1n) is 9.54. The van der Waals surface area contributed by atoms with Crippen molar-refractivity contribution in [3.05, 3.63) is 68.8 Å². The van der Waals surface area contributed by atoms with Crippen LogP contribution in [0.2, 0.25) is 0 Å². The molecule has 2 aromatic carbocycles. The van der Waals surface area contributed by atoms with Crippen LogP contribution in [0, 0.1) is 20.2 Å². The first-order chi connectivity index (χ1) is 15.2. The minimum absolute atomic E-state index is 0.00757. The number of ether oxygens (including phenoxy) is 2. The van der Waals surface area contributed by atoms with E-state index in [2.05, 4.69) is 0 Å². The molecule has 0 saturated carbocycles. The van der Waals surface area contributed by atoms with Gasteiger partial charge in [0.2, 0.25) is 0 Å². The third-order valence-corrected chi connectivity index (χ3v) is 5.52. The highest BCUT2D eigenvalue weighted by molar-refractivity contribution is 7.98. The zero-order valence-corrected chi connectivity index (χ0v) is 19.5. The smallest absolute Gasteiger partial charge is 0.310 e. The molecule has 0 aliphatic heterocycles. The Bertz CT molecular complexity index is 983. The molecule has 0 bridgehead atoms. The molecule has 0 unspecified atom stereocenters. The van der Waals surface area contributed by atoms with E-state index in [0.717, 1.165) is 18.4 Å². The molecule has 0 aliphatic rings. The maximum absolute atomic E-state index is 10.9. The van der Waals surface area contributed by atoms with E-state index < -0.39 is 19.7 Å². The van der Waals surface area contributed by atoms with Gasteiger partial charge in [0.25, 0.3) is 0 Å². The summed E-state index contributed by atoms with van der Waals surface area (Å²) in [4.78, 5) is 20.3. The SMILES string of the molecule is CS(=O)(=O)CCCOc1ccccc1[N+](=O)[O-].CSCCCOc1ccccc1[N+](=O)[O-]. The number of para-hydroxylation sites is 4. The second-order valence-corrected chi connectivity index (χ2v) is 9.72. The van der Waals surface area contributed by atoms with E-state index in [4.69, 9.17) is 9.47 Å². The van der Waals surface area contributed by atoms with Crippen molar-refractivity contribution in [1.29, 1.82) is 0 Å². The molecule has 0 N–H and O–H groups in total. The van der Waals surface area contributed by atoms with Gasteiger partial charge in [-0.1, -0.05) is 24.3 Å². The summed E-state index contributed by atoms with van der Waals surface area (Å²) in [6, 6.07) is 12.4. The highest BCUT2D eigenvalue weighted by Crippen LogP contribution is 2.26. The van der Waals surface area contributed by atoms with Gasteiger partial charge >= 0.3 is 11.4 Å². The van der Waals surface area contributed by atoms with E-state index in [0.29, 0.717) is 18.8 Å². The highest BCUT2D eigenvalue weighted by Gasteiger charge is 2.14. The van der Waals surface area contributed by atoms with Gasteiger partial charge in [-0.15, -0.1) is 0 Å². The van der Waals surface area contributed by atoms with Crippen LogP contribution in [0.4, 0.5) is 11.4 Å². The van der Waals surface area contributed by atoms with Gasteiger partial charge < -0.3 is 9.47 Å². The standard InChI is InChI=1S/C10H13NO5S.C10H13NO3S/c1-17(14,15)8-4-7-16-10-6-3-2-5-9(10)11(12)13;1-15-8-4-7-14-10-6-3-2-5-9(10)11(12)13/h2-3,5-6H,4,7-8H2,1H3;2-3,5-6H,4,7-8H2,1H3. The van der Waals surface area contributed by atoms with Gasteiger partial charge in [0, 0.05) is 18.4 Å². The molecule has 0 amide bonds. The summed E-state index contributed by atoms with van der Waals surface area (Å²) in [6.45, 7) is 0.656. The first kappa shape index (κ1) is 27.2. The molecular formula is C20H26N2O8S2. The molecule has 0 radical (unpaired) electrons. The van der Waals surface area contributed by atoms with E-state index in [9.17, 15) is 28.6 Å². The van der Waals surface area contributed by atoms with E-state index in [1.165, 1.54) is 18.2 Å². The Balaban J connectivity index is 0.000000323. The minimum atomic E-state index is -3.02. The van der Waals surface area contributed by atoms with Crippen molar-refractivity contribution in [2.24, 2.45) is 0 Å². The molecule has 2 rings (SSSR count). The average Bonchev–Trinajstić information content (AvgIpc) is 2.74. The van der Waals surface area contributed by atoms with E-state index >= 15 is 0 Å². The number of rotatable bonds is 12. The molecule has 176 valence electrons. The Morgan fingerprint density at radius 3 is 1.69 bits per heavy atom. The molecule has 0 atom stereocenters. The lowest BCUT2D eigenvalue weighted by Crippen LogP contribution is -2.08. The lowest BCUT2D eigenvalue weighted by molar-refractivity contribution is -0.386. The fourth-order valence-electron chi connectivity index (χ4n) is 2.35. The fraction of sp³-hybridized carbons (Fsp3) is 0.400. The van der Waals surface area contributed by atoms with Crippen molar-refractivity contribution in [3.8, 4) is 11.5 Å². The van der Waals surface area contributed by atoms with Crippen molar-refractivity contribution in [2.45, 2.75) is 12.8 Å². The van der Waals surface area contributed by atoms with Crippen molar-refractivity contribution < 1.29 is 27.7 Å². The molecule has 32 heavy (non-hydrogen) atoms. The Morgan fingerprint density at radius 1 is 0.844 bits per heavy atom. The number of hydrogen-bond donors (Lipinski definition) is 0. The van der Waals surface area contributed by atoms with Crippen molar-refractivity contribution in [2.75, 3.05) is 37.2 Å². The Hall–Kier alpha value is -2.86. The number of thioether (sulfide) groups is 1. The summed E-state index contributed by atoms with van der Waals surface area (Å²) in [5.41, 5.74) is -0.0893. The number of nitro benzene ring substituents is 2. The van der Waals surface area contributed by atoms with E-state index in [-0.39, 0.29) is 29.5 Å². The molecule has 2 aromatic rings. The summed E-state index contributed by atoms with van der Waals surface area (Å²) < 4.78 is 32.2. The molecule has 0 fully saturated rings. The maximum Gasteiger partial charge on any atom is 0.310 e. The van der Waals surface area contributed by atoms with Crippen molar-refractivity contribution >= 4 is 33.0 Å². The van der Waals surface area contributed by atoms with Crippen LogP contribution in [0.5, 0.6) is 11.5 Å². The predicted octanol–water partition coefficient (Wildman–Crippen LogP) is 4.14. The summed E-state index contributed by atoms with van der Waals surface area (Å²) in [5, 5.41) is 21.3. The van der Waals surface area contributed by atoms with Gasteiger partial charge in [0.05, 0.1) is 28.8 Å². The van der Waals surface area contributed by atoms with E-state index in [1.54, 1.807) is 42.1 Å². The molecule has 0 aromatic heterocycles. The normalized spacial score (nSPS) is 10.6. The van der Waals surface area contributed by atoms with Crippen LogP contribution in [0.25, 0.3) is 0 Å². The third kappa shape index (κ3) is 11.0. The summed E-state index contributed by atoms with van der Waals surface area (Å²) in [6.07, 6.45) is 4.36. The molecule has 0 spiro atoms. The Labute approximate surface area is 191 Å². The topological polar surface area (TPSA) is 139 Å². The Kier molecular flexibility index (Phi) is 12.1. The molecule has 0 saturated heterocycles. The number of nitro groups is 2. The number of hydrogen-bond acceptors (Lipinski definition) is 9. The summed E-state index contributed by atoms with van der Waals surface area (Å²) in [7, 11) is -3.02. The van der Waals surface area contributed by atoms with Crippen LogP contribution in [-0.2, 0) is 9.84 Å². The second-order valence-electron chi connectivity index (χ2n) is 6.48. The molecule has 0 heterocycles. The van der Waals surface area contributed by atoms with Gasteiger partial charge in [0.15, 0.2) is 11.5 Å². The summed E-state index contributed by atoms with van der Waals surface area (Å²) >= 11 is 1.73. The zero-order chi connectivity index (χ0) is 24.0. The van der Waals surface area contributed by atoms with Gasteiger partial charge in [-0.3, -0.25) is 20.2 Å². The van der Waals surface area contributed by atoms with Crippen LogP contribution in [-0.4, -0.2) is 55.5 Å². The van der Waals surface area contributed by atoms with Crippen LogP contribution >= 0.6 is 11.8 Å². The predicted molar refractivity (Wildman–Crippen MR) is 125 cm³/mol. The number of sulfone groups is 1. The monoisotopic (exact) mass is 486 g/mol. The molecule has 10 nitrogen and oxygen atoms in total. The lowest BCUT2D eigenvalue weighted by atomic mass is 10.3. The summed E-state index contributed by atoms with van der Waals surface area (Å²) in [5.74, 6) is 1.52. The van der Waals surface area contributed by atoms with Crippen molar-refractivity contribution in [1.82, 2.24) is 0 Å². The second kappa shape index (κ2) is 14.2. The van der Waals surface area contributed by atoms with Crippen molar-refractivity contribution in [3.63, 3.8) is 0 Å². The molecular weight excluding hydrogens is 460 g/mol. The quantitative estimate of drug-likeness (QED) is 0.246. The number of nitrogens with zero attached hydrogens (tertiary/aromatic N) is 2. The highest BCUT2D eigenvalue weighted by atomic mass is 32.2. The van der Waals surface area contributed by atoms with Crippen LogP contribution in [0.3, 0.4) is 0 Å². The lowest BCUT2D eigenvalue weighted by Gasteiger charge is -2.05. The average molecular weight is 487 g/mol. The molecule has 0 aliphatic carbocycles. The van der Waals surface area contributed by atoms with E-state index in [1.807, 2.05) is 6.26 Å². The Morgan fingerprint density at radius 2 is 1.28 bits per heavy atom. The van der Waals surface area contributed by atoms with Crippen LogP contribution < -0.4 is 9.47 Å².